The van der Waals surface area contributed by atoms with Gasteiger partial charge in [-0.25, -0.2) is 0 Å². The molecule has 0 N–H and O–H groups in total. The van der Waals surface area contributed by atoms with Crippen LogP contribution in [0, 0.1) is 0 Å². The van der Waals surface area contributed by atoms with E-state index in [0.717, 1.165) is 87.9 Å². The molecule has 646 valence electrons. The molecule has 29 rings (SSSR count). The third-order valence-electron chi connectivity index (χ3n) is 26.3. The van der Waals surface area contributed by atoms with Crippen LogP contribution in [0.15, 0.2) is 455 Å². The van der Waals surface area contributed by atoms with Crippen LogP contribution in [-0.2, 0) is 0 Å². The molecule has 139 heavy (non-hydrogen) atoms. The van der Waals surface area contributed by atoms with Gasteiger partial charge in [0.1, 0.15) is 0 Å². The Morgan fingerprint density at radius 3 is 0.928 bits per heavy atom. The minimum atomic E-state index is -0.881. The van der Waals surface area contributed by atoms with Crippen molar-refractivity contribution in [3.63, 3.8) is 0 Å². The molecule has 9 nitrogen and oxygen atoms in total. The van der Waals surface area contributed by atoms with Gasteiger partial charge in [0.05, 0.1) is 0 Å². The van der Waals surface area contributed by atoms with E-state index in [1.54, 1.807) is 6.07 Å². The number of fused-ring (bicyclic) bond motifs is 25. The van der Waals surface area contributed by atoms with Crippen molar-refractivity contribution in [2.75, 3.05) is 0 Å². The molecule has 6 heterocycles. The van der Waals surface area contributed by atoms with E-state index >= 15 is 0 Å². The molecule has 0 bridgehead atoms. The van der Waals surface area contributed by atoms with Crippen molar-refractivity contribution in [3.05, 3.63) is 455 Å². The predicted octanol–water partition coefficient (Wildman–Crippen LogP) is 31.9. The van der Waals surface area contributed by atoms with Crippen molar-refractivity contribution in [3.8, 4) is 114 Å². The Labute approximate surface area is 832 Å². The van der Waals surface area contributed by atoms with Gasteiger partial charge in [0.15, 0.2) is 0 Å². The van der Waals surface area contributed by atoms with E-state index in [0.29, 0.717) is 38.9 Å². The molecule has 0 atom stereocenters. The Kier molecular flexibility index (Phi) is 17.2. The van der Waals surface area contributed by atoms with Crippen LogP contribution in [0.5, 0.6) is 0 Å². The molecule has 0 saturated carbocycles. The summed E-state index contributed by atoms with van der Waals surface area (Å²) in [5, 5.41) is 28.8. The number of aromatic nitrogens is 9. The molecule has 29 aromatic rings. The van der Waals surface area contributed by atoms with Crippen molar-refractivity contribution < 1.29 is 16.4 Å². The molecule has 0 aliphatic rings. The Bertz CT molecular complexity index is 10900. The second-order valence-corrected chi connectivity index (χ2v) is 41.0. The van der Waals surface area contributed by atoms with E-state index in [1.165, 1.54) is 109 Å². The Morgan fingerprint density at radius 1 is 0.144 bits per heavy atom. The molecule has 0 unspecified atom stereocenters. The molecular formula is C127H75N9Se3. The SMILES string of the molecule is [2H]c1c([2H])c([2H])c(-c2nc(-c3ccc4c(ccc5c6ccccc6ccc45)c3)nc(-c3c([2H])c([2H])c([2H])c4c3[se]c3c([2H])c([2H])c([2H])c([2H])c34)n2)c([2H])c1[2H].c1ccc(-c2ccc(-c3nc(-c4ccc5c(ccc6c7ccccc7ccc56)c4)nc(-c4cccc5c4[se]c4ccccc45)n3)cc2)cc1.c1ccc2cc(-c3nc(-c4ccc5c(ccc6c7ccccc7ccc56)c4)nc(-c4cccc5c4[se]c4ccccc45)n3)ccc2c1. The standard InChI is InChI=1S/C45H27N3Se.C43H25N3Se.C39H23N3Se/c1-2-9-28(10-3-1)29-17-19-31(20-18-29)43-46-44(48-45(47-43)40-15-8-14-39-38-13-6-7-16-41(38)49-42(39)40)33-23-24-35-32(27-33)22-26-36-34-12-5-4-11-30(34)21-25-37(35)36;1-2-10-28-24-30(17-16-26(28)8-1)41-44-42(46-43(45-41)38-14-7-13-37-36-12-5-6-15-39(36)47-40(37)38)31-20-21-33-29(25-31)19-23-34-32-11-4-3-9-27(32)18-22-35(33)34;1-2-10-25(11-3-1)37-40-38(42-39(41-37)34-15-8-14-33-32-13-6-7-16-35(32)43-36(33)34)27-19-20-29-26(23-27)18-22-30-28-12-5-4-9-24(28)17-21-31(29)30/h1-27H;1-25H;1-23H/i;;1D,2D,3D,6D,7D,8D,10D,11D,13D,14D,15D,16D. The first-order chi connectivity index (χ1) is 73.8. The fraction of sp³-hybridized carbons (Fsp3) is 0. The first kappa shape index (κ1) is 70.0. The zero-order valence-electron chi connectivity index (χ0n) is 85.6. The zero-order chi connectivity index (χ0) is 102. The third kappa shape index (κ3) is 14.7. The van der Waals surface area contributed by atoms with Crippen molar-refractivity contribution in [1.82, 2.24) is 44.9 Å². The first-order valence-electron chi connectivity index (χ1n) is 51.6. The molecule has 0 saturated heterocycles. The monoisotopic (exact) mass is 1980 g/mol. The first-order valence-corrected chi connectivity index (χ1v) is 50.7. The summed E-state index contributed by atoms with van der Waals surface area (Å²) in [6.07, 6.45) is 0. The van der Waals surface area contributed by atoms with Crippen molar-refractivity contribution in [1.29, 1.82) is 0 Å². The van der Waals surface area contributed by atoms with Gasteiger partial charge in [0.25, 0.3) is 0 Å². The van der Waals surface area contributed by atoms with E-state index in [-0.39, 0.29) is 90.8 Å². The summed E-state index contributed by atoms with van der Waals surface area (Å²) in [7, 11) is 0. The van der Waals surface area contributed by atoms with Gasteiger partial charge in [-0.15, -0.1) is 0 Å². The van der Waals surface area contributed by atoms with Crippen LogP contribution in [0.3, 0.4) is 0 Å². The summed E-state index contributed by atoms with van der Waals surface area (Å²) in [6, 6.07) is 129. The Balaban J connectivity index is 0.000000111. The van der Waals surface area contributed by atoms with E-state index < -0.39 is 68.9 Å². The van der Waals surface area contributed by atoms with E-state index in [2.05, 4.69) is 344 Å². The van der Waals surface area contributed by atoms with Crippen LogP contribution < -0.4 is 0 Å². The topological polar surface area (TPSA) is 116 Å². The second-order valence-electron chi connectivity index (χ2n) is 34.4. The molecule has 12 heteroatoms. The number of hydrogen-bond donors (Lipinski definition) is 0. The molecule has 0 fully saturated rings. The number of benzene rings is 23. The molecule has 0 amide bonds. The number of hydrogen-bond acceptors (Lipinski definition) is 9. The number of nitrogens with zero attached hydrogens (tertiary/aromatic N) is 9. The van der Waals surface area contributed by atoms with Gasteiger partial charge in [0, 0.05) is 0 Å². The van der Waals surface area contributed by atoms with Crippen molar-refractivity contribution in [2.45, 2.75) is 0 Å². The maximum atomic E-state index is 9.09. The molecular weight excluding hydrogens is 1890 g/mol. The van der Waals surface area contributed by atoms with Crippen LogP contribution >= 0.6 is 0 Å². The van der Waals surface area contributed by atoms with Gasteiger partial charge in [-0.2, -0.15) is 0 Å². The zero-order valence-corrected chi connectivity index (χ0v) is 78.8. The molecule has 6 aromatic heterocycles. The summed E-state index contributed by atoms with van der Waals surface area (Å²) in [5.41, 5.74) is 8.60. The maximum absolute atomic E-state index is 9.09. The van der Waals surface area contributed by atoms with Crippen molar-refractivity contribution in [2.24, 2.45) is 0 Å². The van der Waals surface area contributed by atoms with E-state index in [9.17, 15) is 0 Å². The predicted molar refractivity (Wildman–Crippen MR) is 585 cm³/mol. The van der Waals surface area contributed by atoms with Gasteiger partial charge in [-0.05, 0) is 16.2 Å². The van der Waals surface area contributed by atoms with Gasteiger partial charge in [0.2, 0.25) is 0 Å². The van der Waals surface area contributed by atoms with Crippen LogP contribution in [0.4, 0.5) is 0 Å². The fourth-order valence-electron chi connectivity index (χ4n) is 19.6. The average molecular weight is 1980 g/mol. The summed E-state index contributed by atoms with van der Waals surface area (Å²) >= 11 is -0.541. The molecule has 0 spiro atoms. The quantitative estimate of drug-likeness (QED) is 0.0975. The van der Waals surface area contributed by atoms with E-state index in [4.69, 9.17) is 51.3 Å². The molecule has 23 aromatic carbocycles. The number of rotatable bonds is 10. The average Bonchev–Trinajstić information content (AvgIpc) is 1.56. The minimum absolute atomic E-state index is 0.00000988. The van der Waals surface area contributed by atoms with Crippen LogP contribution in [-0.4, -0.2) is 88.4 Å². The van der Waals surface area contributed by atoms with E-state index in [1.807, 2.05) is 42.5 Å². The Morgan fingerprint density at radius 2 is 0.446 bits per heavy atom. The van der Waals surface area contributed by atoms with Crippen LogP contribution in [0.1, 0.15) is 16.4 Å². The summed E-state index contributed by atoms with van der Waals surface area (Å²) in [4.78, 5) is 45.0. The normalized spacial score (nSPS) is 12.9. The van der Waals surface area contributed by atoms with Gasteiger partial charge < -0.3 is 0 Å². The molecule has 0 aliphatic heterocycles. The van der Waals surface area contributed by atoms with Gasteiger partial charge in [-0.3, -0.25) is 0 Å². The van der Waals surface area contributed by atoms with Crippen LogP contribution in [0.25, 0.3) is 279 Å². The summed E-state index contributed by atoms with van der Waals surface area (Å²) in [6.45, 7) is 0. The van der Waals surface area contributed by atoms with Crippen LogP contribution in [0.2, 0.25) is 0 Å². The van der Waals surface area contributed by atoms with Crippen molar-refractivity contribution >= 4 is 209 Å². The molecule has 0 radical (unpaired) electrons. The second kappa shape index (κ2) is 34.3. The fourth-order valence-corrected chi connectivity index (χ4v) is 26.9. The summed E-state index contributed by atoms with van der Waals surface area (Å²) < 4.78 is 109. The third-order valence-corrected chi connectivity index (χ3v) is 33.8. The summed E-state index contributed by atoms with van der Waals surface area (Å²) in [5.74, 6) is 3.74. The van der Waals surface area contributed by atoms with Gasteiger partial charge in [-0.1, -0.05) is 78.9 Å². The Hall–Kier alpha value is -16.8. The van der Waals surface area contributed by atoms with Gasteiger partial charge >= 0.3 is 744 Å². The molecule has 0 aliphatic carbocycles.